The van der Waals surface area contributed by atoms with Crippen LogP contribution in [0.2, 0.25) is 0 Å². The first-order valence-electron chi connectivity index (χ1n) is 0. The second-order valence-electron chi connectivity index (χ2n) is 0. The summed E-state index contributed by atoms with van der Waals surface area (Å²) in [6.45, 7) is 0. The van der Waals surface area contributed by atoms with Gasteiger partial charge in [0.05, 0.1) is 0 Å². The molecule has 0 aliphatic carbocycles. The van der Waals surface area contributed by atoms with Crippen LogP contribution in [0.15, 0.2) is 0 Å². The molecule has 0 saturated heterocycles. The summed E-state index contributed by atoms with van der Waals surface area (Å²) in [6.07, 6.45) is 0. The third-order valence-electron chi connectivity index (χ3n) is 0. The second kappa shape index (κ2) is 23.1. The molecule has 5 heteroatoms. The van der Waals surface area contributed by atoms with Gasteiger partial charge in [0.25, 0.3) is 0 Å². The fourth-order valence-electron chi connectivity index (χ4n) is 0. The molecule has 0 amide bonds. The van der Waals surface area contributed by atoms with Crippen molar-refractivity contribution >= 4 is 74.4 Å². The van der Waals surface area contributed by atoms with Crippen molar-refractivity contribution in [2.24, 2.45) is 0 Å². The van der Waals surface area contributed by atoms with Crippen LogP contribution in [0.5, 0.6) is 0 Å². The SMILES string of the molecule is [Ce].[Fe].[K].[Mg].[Mo]. The fourth-order valence-corrected chi connectivity index (χ4v) is 0. The van der Waals surface area contributed by atoms with Gasteiger partial charge in [-0.25, -0.2) is 0 Å². The summed E-state index contributed by atoms with van der Waals surface area (Å²) in [5, 5.41) is 0. The van der Waals surface area contributed by atoms with E-state index in [1.54, 1.807) is 0 Å². The van der Waals surface area contributed by atoms with Crippen molar-refractivity contribution in [3.8, 4) is 0 Å². The first-order chi connectivity index (χ1) is 0. The van der Waals surface area contributed by atoms with Crippen molar-refractivity contribution in [2.75, 3.05) is 0 Å². The summed E-state index contributed by atoms with van der Waals surface area (Å²) in [7, 11) is 0. The Morgan fingerprint density at radius 1 is 1.00 bits per heavy atom. The molecule has 5 heavy (non-hydrogen) atoms. The van der Waals surface area contributed by atoms with E-state index < -0.39 is 0 Å². The molecular weight excluding hydrogens is 355 g/mol. The molecule has 0 aliphatic heterocycles. The molecule has 0 N–H and O–H groups in total. The molecule has 0 aromatic rings. The average Bonchev–Trinajstić information content (AvgIpc) is 0. The Kier molecular flexibility index (Phi) is 150. The summed E-state index contributed by atoms with van der Waals surface area (Å²) in [6, 6.07) is 0. The van der Waals surface area contributed by atoms with Crippen LogP contribution in [0.1, 0.15) is 0 Å². The molecule has 3 radical (unpaired) electrons. The molecule has 0 aromatic carbocycles. The zero-order valence-corrected chi connectivity index (χ0v) is 13.8. The molecule has 0 fully saturated rings. The largest absolute Gasteiger partial charge is 0 e. The molecule has 0 spiro atoms. The van der Waals surface area contributed by atoms with Crippen LogP contribution in [-0.2, 0) is 38.1 Å². The molecule has 0 rings (SSSR count). The van der Waals surface area contributed by atoms with Gasteiger partial charge in [-0.05, 0) is 0 Å². The van der Waals surface area contributed by atoms with E-state index in [1.807, 2.05) is 0 Å². The van der Waals surface area contributed by atoms with Crippen LogP contribution in [0.4, 0.5) is 0 Å². The van der Waals surface area contributed by atoms with E-state index in [4.69, 9.17) is 0 Å². The second-order valence-corrected chi connectivity index (χ2v) is 0. The monoisotopic (exact) mass is 357 g/mol. The zero-order valence-electron chi connectivity index (χ0n) is 2.97. The van der Waals surface area contributed by atoms with Crippen molar-refractivity contribution in [3.63, 3.8) is 0 Å². The molecule has 0 nitrogen and oxygen atoms in total. The molecule has 0 unspecified atom stereocenters. The predicted octanol–water partition coefficient (Wildman–Crippen LogP) is -0.767. The molecule has 21 valence electrons. The van der Waals surface area contributed by atoms with Gasteiger partial charge in [-0.15, -0.1) is 0 Å². The standard InChI is InChI=1S/Ce.Fe.K.Mg.Mo. The molecular formula is CeFeKMgMo. The van der Waals surface area contributed by atoms with Crippen LogP contribution in [0.25, 0.3) is 0 Å². The van der Waals surface area contributed by atoms with Gasteiger partial charge in [-0.2, -0.15) is 0 Å². The maximum Gasteiger partial charge on any atom is 0 e. The first kappa shape index (κ1) is 32.4. The van der Waals surface area contributed by atoms with E-state index in [-0.39, 0.29) is 154 Å². The van der Waals surface area contributed by atoms with E-state index in [2.05, 4.69) is 0 Å². The summed E-state index contributed by atoms with van der Waals surface area (Å²) in [5.41, 5.74) is 0. The van der Waals surface area contributed by atoms with Crippen LogP contribution < -0.4 is 0 Å². The smallest absolute Gasteiger partial charge is 0 e. The van der Waals surface area contributed by atoms with Crippen molar-refractivity contribution in [1.82, 2.24) is 0 Å². The number of rotatable bonds is 0. The minimum Gasteiger partial charge on any atom is 0 e. The quantitative estimate of drug-likeness (QED) is 0.501. The summed E-state index contributed by atoms with van der Waals surface area (Å²) < 4.78 is 0. The Labute approximate surface area is 149 Å². The van der Waals surface area contributed by atoms with Crippen molar-refractivity contribution < 1.29 is 79.9 Å². The van der Waals surface area contributed by atoms with E-state index in [9.17, 15) is 0 Å². The zero-order chi connectivity index (χ0) is 0. The Balaban J connectivity index is 0. The van der Waals surface area contributed by atoms with Gasteiger partial charge in [-0.3, -0.25) is 0 Å². The summed E-state index contributed by atoms with van der Waals surface area (Å²) >= 11 is 0. The maximum atomic E-state index is 0. The molecule has 0 atom stereocenters. The van der Waals surface area contributed by atoms with Crippen LogP contribution >= 0.6 is 0 Å². The third-order valence-corrected chi connectivity index (χ3v) is 0. The predicted molar refractivity (Wildman–Crippen MR) is 11.5 cm³/mol. The van der Waals surface area contributed by atoms with E-state index in [1.165, 1.54) is 0 Å². The molecule has 0 aliphatic rings. The Morgan fingerprint density at radius 3 is 1.00 bits per heavy atom. The third kappa shape index (κ3) is 17.6. The van der Waals surface area contributed by atoms with Crippen LogP contribution in [0.3, 0.4) is 0 Å². The van der Waals surface area contributed by atoms with Crippen molar-refractivity contribution in [1.29, 1.82) is 0 Å². The summed E-state index contributed by atoms with van der Waals surface area (Å²) in [4.78, 5) is 0. The molecule has 0 bridgehead atoms. The van der Waals surface area contributed by atoms with Gasteiger partial charge in [0.1, 0.15) is 0 Å². The minimum absolute atomic E-state index is 0. The van der Waals surface area contributed by atoms with Crippen LogP contribution in [-0.4, -0.2) is 74.4 Å². The Morgan fingerprint density at radius 2 is 1.00 bits per heavy atom. The topological polar surface area (TPSA) is 0 Å². The minimum atomic E-state index is 0. The van der Waals surface area contributed by atoms with Gasteiger partial charge >= 0.3 is 0 Å². The number of hydrogen-bond acceptors (Lipinski definition) is 0. The van der Waals surface area contributed by atoms with E-state index in [0.717, 1.165) is 0 Å². The Bertz CT molecular complexity index is 11.6. The van der Waals surface area contributed by atoms with E-state index >= 15 is 0 Å². The number of hydrogen-bond donors (Lipinski definition) is 0. The molecule has 0 saturated carbocycles. The maximum absolute atomic E-state index is 0. The van der Waals surface area contributed by atoms with Gasteiger partial charge in [-0.1, -0.05) is 0 Å². The van der Waals surface area contributed by atoms with Gasteiger partial charge in [0.2, 0.25) is 0 Å². The van der Waals surface area contributed by atoms with Gasteiger partial charge in [0, 0.05) is 154 Å². The fraction of sp³-hybridized carbons (Fsp3) is 0. The van der Waals surface area contributed by atoms with Crippen molar-refractivity contribution in [2.45, 2.75) is 0 Å². The molecule has 0 heterocycles. The molecule has 0 aromatic heterocycles. The first-order valence-corrected chi connectivity index (χ1v) is 0. The average molecular weight is 355 g/mol. The van der Waals surface area contributed by atoms with Gasteiger partial charge < -0.3 is 0 Å². The van der Waals surface area contributed by atoms with Crippen molar-refractivity contribution in [3.05, 3.63) is 0 Å². The van der Waals surface area contributed by atoms with E-state index in [0.29, 0.717) is 0 Å². The normalized spacial score (nSPS) is 0. The Hall–Kier alpha value is 4.99. The van der Waals surface area contributed by atoms with Gasteiger partial charge in [0.15, 0.2) is 0 Å². The van der Waals surface area contributed by atoms with Crippen LogP contribution in [0, 0.1) is 41.7 Å². The summed E-state index contributed by atoms with van der Waals surface area (Å²) in [5.74, 6) is 0.